The van der Waals surface area contributed by atoms with Crippen molar-refractivity contribution in [3.05, 3.63) is 24.0 Å². The second kappa shape index (κ2) is 16.0. The molecule has 0 aromatic rings. The lowest BCUT2D eigenvalue weighted by molar-refractivity contribution is -0.341. The first-order valence-electron chi connectivity index (χ1n) is 17.1. The van der Waals surface area contributed by atoms with Crippen molar-refractivity contribution in [3.8, 4) is 0 Å². The van der Waals surface area contributed by atoms with E-state index in [1.807, 2.05) is 12.2 Å². The summed E-state index contributed by atoms with van der Waals surface area (Å²) in [5.74, 6) is -3.35. The van der Waals surface area contributed by atoms with E-state index in [2.05, 4.69) is 67.7 Å². The quantitative estimate of drug-likeness (QED) is 0.107. The molecule has 0 aromatic carbocycles. The summed E-state index contributed by atoms with van der Waals surface area (Å²) in [4.78, 5) is 49.4. The predicted octanol–water partition coefficient (Wildman–Crippen LogP) is 5.54. The Balaban J connectivity index is 2.04. The van der Waals surface area contributed by atoms with Gasteiger partial charge in [-0.05, 0) is 54.0 Å². The van der Waals surface area contributed by atoms with Crippen LogP contribution in [0.4, 0.5) is 0 Å². The van der Waals surface area contributed by atoms with Gasteiger partial charge in [-0.3, -0.25) is 19.2 Å². The maximum Gasteiger partial charge on any atom is 0.303 e. The largest absolute Gasteiger partial charge is 0.472 e. The first-order valence-corrected chi connectivity index (χ1v) is 23.0. The van der Waals surface area contributed by atoms with Crippen LogP contribution in [0.3, 0.4) is 0 Å². The SMILES string of the molecule is CC(=O)O[C@@H]1[C@@H](OC(C)=O)[C@H](O[C@@H]2OC=C[C@@H]3[C@H]2C(CO[Si](C)(C)C(C)(C)C)=C[C@H]3OC(C)=O)O[C@H](CO[Si](C)(C)C(C)(C)C)[C@H]1OC(C)=O. The summed E-state index contributed by atoms with van der Waals surface area (Å²) in [5, 5.41) is -0.212. The van der Waals surface area contributed by atoms with Gasteiger partial charge in [-0.25, -0.2) is 0 Å². The van der Waals surface area contributed by atoms with Gasteiger partial charge in [0.15, 0.2) is 34.9 Å². The summed E-state index contributed by atoms with van der Waals surface area (Å²) in [7, 11) is -4.56. The van der Waals surface area contributed by atoms with Gasteiger partial charge < -0.3 is 42.0 Å². The molecule has 0 spiro atoms. The highest BCUT2D eigenvalue weighted by Crippen LogP contribution is 2.45. The third-order valence-electron chi connectivity index (χ3n) is 10.3. The average Bonchev–Trinajstić information content (AvgIpc) is 3.29. The number of fused-ring (bicyclic) bond motifs is 1. The molecule has 1 fully saturated rings. The number of carbonyl (C=O) groups excluding carboxylic acids is 4. The van der Waals surface area contributed by atoms with Crippen molar-refractivity contribution < 1.29 is 61.2 Å². The first kappa shape index (κ1) is 41.9. The summed E-state index contributed by atoms with van der Waals surface area (Å²) in [6, 6.07) is 0. The molecular formula is C35H58O13Si2. The molecule has 3 aliphatic rings. The summed E-state index contributed by atoms with van der Waals surface area (Å²) >= 11 is 0. The second-order valence-electron chi connectivity index (χ2n) is 16.3. The molecule has 0 saturated carbocycles. The van der Waals surface area contributed by atoms with E-state index in [0.717, 1.165) is 5.57 Å². The minimum atomic E-state index is -2.35. The molecule has 3 rings (SSSR count). The van der Waals surface area contributed by atoms with Crippen LogP contribution in [0.1, 0.15) is 69.2 Å². The van der Waals surface area contributed by atoms with Gasteiger partial charge in [0.2, 0.25) is 12.6 Å². The fourth-order valence-corrected chi connectivity index (χ4v) is 7.53. The molecule has 1 saturated heterocycles. The number of hydrogen-bond donors (Lipinski definition) is 0. The fourth-order valence-electron chi connectivity index (χ4n) is 5.55. The highest BCUT2D eigenvalue weighted by atomic mass is 28.4. The molecule has 0 amide bonds. The maximum absolute atomic E-state index is 12.5. The lowest BCUT2D eigenvalue weighted by atomic mass is 9.88. The summed E-state index contributed by atoms with van der Waals surface area (Å²) in [6.45, 7) is 26.3. The number of ether oxygens (including phenoxy) is 7. The van der Waals surface area contributed by atoms with E-state index >= 15 is 0 Å². The van der Waals surface area contributed by atoms with Gasteiger partial charge >= 0.3 is 23.9 Å². The molecule has 0 aromatic heterocycles. The third kappa shape index (κ3) is 10.3. The van der Waals surface area contributed by atoms with E-state index in [4.69, 9.17) is 42.0 Å². The average molecular weight is 743 g/mol. The zero-order valence-corrected chi connectivity index (χ0v) is 34.1. The van der Waals surface area contributed by atoms with Crippen LogP contribution in [0.2, 0.25) is 36.3 Å². The molecule has 2 heterocycles. The predicted molar refractivity (Wildman–Crippen MR) is 187 cm³/mol. The molecule has 50 heavy (non-hydrogen) atoms. The highest BCUT2D eigenvalue weighted by molar-refractivity contribution is 6.74. The molecule has 9 atom stereocenters. The Morgan fingerprint density at radius 2 is 1.20 bits per heavy atom. The van der Waals surface area contributed by atoms with Crippen molar-refractivity contribution in [1.29, 1.82) is 0 Å². The topological polar surface area (TPSA) is 151 Å². The first-order chi connectivity index (χ1) is 22.8. The van der Waals surface area contributed by atoms with Crippen LogP contribution in [0.25, 0.3) is 0 Å². The van der Waals surface area contributed by atoms with Gasteiger partial charge in [-0.2, -0.15) is 0 Å². The van der Waals surface area contributed by atoms with Crippen molar-refractivity contribution >= 4 is 40.5 Å². The zero-order valence-electron chi connectivity index (χ0n) is 32.1. The van der Waals surface area contributed by atoms with Gasteiger partial charge in [-0.15, -0.1) is 0 Å². The van der Waals surface area contributed by atoms with E-state index in [1.54, 1.807) is 0 Å². The maximum atomic E-state index is 12.5. The lowest BCUT2D eigenvalue weighted by Gasteiger charge is -2.47. The Morgan fingerprint density at radius 1 is 0.700 bits per heavy atom. The van der Waals surface area contributed by atoms with E-state index < -0.39 is 89.5 Å². The van der Waals surface area contributed by atoms with Crippen molar-refractivity contribution in [2.24, 2.45) is 11.8 Å². The highest BCUT2D eigenvalue weighted by Gasteiger charge is 2.56. The summed E-state index contributed by atoms with van der Waals surface area (Å²) in [5.41, 5.74) is 0.812. The van der Waals surface area contributed by atoms with Crippen molar-refractivity contribution in [2.45, 2.75) is 149 Å². The van der Waals surface area contributed by atoms with Crippen LogP contribution in [0, 0.1) is 11.8 Å². The zero-order chi connectivity index (χ0) is 38.0. The van der Waals surface area contributed by atoms with Gasteiger partial charge in [-0.1, -0.05) is 41.5 Å². The Hall–Kier alpha value is -2.57. The molecule has 0 unspecified atom stereocenters. The summed E-state index contributed by atoms with van der Waals surface area (Å²) in [6.07, 6.45) is -2.70. The minimum Gasteiger partial charge on any atom is -0.472 e. The Labute approximate surface area is 298 Å². The molecule has 1 aliphatic carbocycles. The van der Waals surface area contributed by atoms with E-state index in [9.17, 15) is 19.2 Å². The van der Waals surface area contributed by atoms with Gasteiger partial charge in [0, 0.05) is 33.6 Å². The number of esters is 4. The molecule has 0 radical (unpaired) electrons. The monoisotopic (exact) mass is 742 g/mol. The van der Waals surface area contributed by atoms with E-state index in [1.165, 1.54) is 34.0 Å². The molecule has 0 N–H and O–H groups in total. The van der Waals surface area contributed by atoms with E-state index in [0.29, 0.717) is 0 Å². The second-order valence-corrected chi connectivity index (χ2v) is 25.9. The summed E-state index contributed by atoms with van der Waals surface area (Å²) < 4.78 is 55.0. The van der Waals surface area contributed by atoms with Crippen molar-refractivity contribution in [2.75, 3.05) is 13.2 Å². The third-order valence-corrected chi connectivity index (χ3v) is 19.3. The fraction of sp³-hybridized carbons (Fsp3) is 0.771. The van der Waals surface area contributed by atoms with Crippen LogP contribution in [0.5, 0.6) is 0 Å². The normalized spacial score (nSPS) is 30.0. The molecule has 2 aliphatic heterocycles. The van der Waals surface area contributed by atoms with E-state index in [-0.39, 0.29) is 29.2 Å². The molecule has 15 heteroatoms. The standard InChI is InChI=1S/C35H58O13Si2/c1-20(36)43-26-17-24(18-41-49(11,12)34(5,6)7)28-25(26)15-16-40-32(28)48-33-31(46-23(4)39)30(45-22(3)38)29(44-21(2)37)27(47-33)19-42-50(13,14)35(8,9)10/h15-17,25-33H,18-19H2,1-14H3/t25-,26+,27+,28+,29+,30-,31+,32-,33-/m0/s1. The molecule has 0 bridgehead atoms. The number of rotatable bonds is 12. The van der Waals surface area contributed by atoms with Gasteiger partial charge in [0.1, 0.15) is 12.2 Å². The Morgan fingerprint density at radius 3 is 1.72 bits per heavy atom. The number of carbonyl (C=O) groups is 4. The van der Waals surface area contributed by atoms with Crippen LogP contribution >= 0.6 is 0 Å². The molecule has 13 nitrogen and oxygen atoms in total. The van der Waals surface area contributed by atoms with Crippen LogP contribution in [0.15, 0.2) is 24.0 Å². The van der Waals surface area contributed by atoms with Crippen LogP contribution < -0.4 is 0 Å². The van der Waals surface area contributed by atoms with Crippen molar-refractivity contribution in [1.82, 2.24) is 0 Å². The Kier molecular flexibility index (Phi) is 13.4. The smallest absolute Gasteiger partial charge is 0.303 e. The number of hydrogen-bond acceptors (Lipinski definition) is 13. The van der Waals surface area contributed by atoms with Crippen molar-refractivity contribution in [3.63, 3.8) is 0 Å². The lowest BCUT2D eigenvalue weighted by Crippen LogP contribution is -2.64. The van der Waals surface area contributed by atoms with Gasteiger partial charge in [0.25, 0.3) is 0 Å². The van der Waals surface area contributed by atoms with Crippen LogP contribution in [-0.4, -0.2) is 96.8 Å². The molecule has 284 valence electrons. The molecular weight excluding hydrogens is 685 g/mol. The minimum absolute atomic E-state index is 0.0314. The van der Waals surface area contributed by atoms with Crippen LogP contribution in [-0.2, 0) is 61.2 Å². The Bertz CT molecular complexity index is 1310. The van der Waals surface area contributed by atoms with Gasteiger partial charge in [0.05, 0.1) is 25.4 Å².